The lowest BCUT2D eigenvalue weighted by Gasteiger charge is -2.23. The van der Waals surface area contributed by atoms with Crippen LogP contribution in [0.5, 0.6) is 5.75 Å². The number of carbonyl (C=O) groups is 1. The van der Waals surface area contributed by atoms with Gasteiger partial charge in [0.05, 0.1) is 16.3 Å². The number of nitrogens with zero attached hydrogens (tertiary/aromatic N) is 1. The van der Waals surface area contributed by atoms with Crippen molar-refractivity contribution < 1.29 is 26.7 Å². The maximum Gasteiger partial charge on any atom is 0.264 e. The smallest absolute Gasteiger partial charge is 0.264 e. The molecule has 31 heavy (non-hydrogen) atoms. The number of benzene rings is 3. The van der Waals surface area contributed by atoms with Crippen molar-refractivity contribution in [3.05, 3.63) is 84.4 Å². The second-order valence-electron chi connectivity index (χ2n) is 6.44. The van der Waals surface area contributed by atoms with Crippen LogP contribution in [0.4, 0.5) is 20.2 Å². The Kier molecular flexibility index (Phi) is 6.86. The minimum Gasteiger partial charge on any atom is -0.484 e. The van der Waals surface area contributed by atoms with Gasteiger partial charge in [0, 0.05) is 12.6 Å². The summed E-state index contributed by atoms with van der Waals surface area (Å²) in [5.41, 5.74) is 0.152. The highest BCUT2D eigenvalue weighted by atomic mass is 32.2. The second-order valence-corrected chi connectivity index (χ2v) is 8.30. The third-order valence-corrected chi connectivity index (χ3v) is 6.23. The summed E-state index contributed by atoms with van der Waals surface area (Å²) in [4.78, 5) is 12.1. The van der Waals surface area contributed by atoms with E-state index >= 15 is 0 Å². The summed E-state index contributed by atoms with van der Waals surface area (Å²) < 4.78 is 59.1. The van der Waals surface area contributed by atoms with E-state index in [2.05, 4.69) is 5.32 Å². The molecule has 0 spiro atoms. The molecule has 0 unspecified atom stereocenters. The van der Waals surface area contributed by atoms with E-state index in [9.17, 15) is 22.0 Å². The van der Waals surface area contributed by atoms with Crippen molar-refractivity contribution in [3.8, 4) is 5.75 Å². The number of nitrogens with one attached hydrogen (secondary N) is 1. The number of sulfonamides is 1. The zero-order valence-electron chi connectivity index (χ0n) is 16.6. The quantitative estimate of drug-likeness (QED) is 0.563. The standard InChI is InChI=1S/C22H20F2N2O4S/c1-2-26(31(28,29)19-6-4-3-5-7-19)17-9-11-18(12-10-17)30-15-22(27)25-21-14-16(23)8-13-20(21)24/h3-14H,2,15H2,1H3,(H,25,27). The summed E-state index contributed by atoms with van der Waals surface area (Å²) in [5.74, 6) is -1.81. The Morgan fingerprint density at radius 1 is 1.00 bits per heavy atom. The molecule has 0 atom stereocenters. The molecule has 0 fully saturated rings. The lowest BCUT2D eigenvalue weighted by Crippen LogP contribution is -2.30. The van der Waals surface area contributed by atoms with Crippen LogP contribution in [0.1, 0.15) is 6.92 Å². The van der Waals surface area contributed by atoms with Crippen LogP contribution in [0.3, 0.4) is 0 Å². The maximum absolute atomic E-state index is 13.6. The minimum atomic E-state index is -3.72. The van der Waals surface area contributed by atoms with E-state index in [0.717, 1.165) is 18.2 Å². The van der Waals surface area contributed by atoms with Crippen LogP contribution < -0.4 is 14.4 Å². The normalized spacial score (nSPS) is 11.1. The van der Waals surface area contributed by atoms with E-state index in [1.165, 1.54) is 28.6 Å². The summed E-state index contributed by atoms with van der Waals surface area (Å²) >= 11 is 0. The molecule has 3 rings (SSSR count). The molecule has 6 nitrogen and oxygen atoms in total. The highest BCUT2D eigenvalue weighted by Crippen LogP contribution is 2.25. The van der Waals surface area contributed by atoms with Gasteiger partial charge in [0.15, 0.2) is 6.61 Å². The predicted molar refractivity (Wildman–Crippen MR) is 114 cm³/mol. The van der Waals surface area contributed by atoms with Crippen LogP contribution in [-0.2, 0) is 14.8 Å². The van der Waals surface area contributed by atoms with E-state index in [1.807, 2.05) is 0 Å². The highest BCUT2D eigenvalue weighted by molar-refractivity contribution is 7.92. The molecule has 0 bridgehead atoms. The summed E-state index contributed by atoms with van der Waals surface area (Å²) in [6.45, 7) is 1.51. The van der Waals surface area contributed by atoms with Crippen molar-refractivity contribution in [3.63, 3.8) is 0 Å². The molecule has 162 valence electrons. The van der Waals surface area contributed by atoms with Gasteiger partial charge in [-0.2, -0.15) is 0 Å². The summed E-state index contributed by atoms with van der Waals surface area (Å²) in [5, 5.41) is 2.23. The van der Waals surface area contributed by atoms with Crippen molar-refractivity contribution in [2.45, 2.75) is 11.8 Å². The van der Waals surface area contributed by atoms with Crippen molar-refractivity contribution in [1.29, 1.82) is 0 Å². The van der Waals surface area contributed by atoms with Gasteiger partial charge in [-0.05, 0) is 55.5 Å². The number of rotatable bonds is 8. The summed E-state index contributed by atoms with van der Waals surface area (Å²) in [7, 11) is -3.72. The second kappa shape index (κ2) is 9.57. The van der Waals surface area contributed by atoms with Gasteiger partial charge >= 0.3 is 0 Å². The fourth-order valence-electron chi connectivity index (χ4n) is 2.85. The van der Waals surface area contributed by atoms with Gasteiger partial charge < -0.3 is 10.1 Å². The largest absolute Gasteiger partial charge is 0.484 e. The molecule has 0 saturated heterocycles. The molecule has 0 heterocycles. The average molecular weight is 446 g/mol. The van der Waals surface area contributed by atoms with Gasteiger partial charge in [-0.3, -0.25) is 9.10 Å². The van der Waals surface area contributed by atoms with Crippen molar-refractivity contribution in [1.82, 2.24) is 0 Å². The van der Waals surface area contributed by atoms with Gasteiger partial charge in [-0.25, -0.2) is 17.2 Å². The van der Waals surface area contributed by atoms with Crippen molar-refractivity contribution in [2.24, 2.45) is 0 Å². The number of anilines is 2. The molecular formula is C22H20F2N2O4S. The lowest BCUT2D eigenvalue weighted by molar-refractivity contribution is -0.118. The highest BCUT2D eigenvalue weighted by Gasteiger charge is 2.23. The number of halogens is 2. The van der Waals surface area contributed by atoms with Crippen molar-refractivity contribution in [2.75, 3.05) is 22.8 Å². The number of amides is 1. The van der Waals surface area contributed by atoms with E-state index in [-0.39, 0.29) is 17.1 Å². The Morgan fingerprint density at radius 3 is 2.32 bits per heavy atom. The predicted octanol–water partition coefficient (Wildman–Crippen LogP) is 4.20. The van der Waals surface area contributed by atoms with Gasteiger partial charge in [0.1, 0.15) is 17.4 Å². The van der Waals surface area contributed by atoms with Crippen LogP contribution in [0.25, 0.3) is 0 Å². The summed E-state index contributed by atoms with van der Waals surface area (Å²) in [6.07, 6.45) is 0. The van der Waals surface area contributed by atoms with Crippen LogP contribution in [0.2, 0.25) is 0 Å². The van der Waals surface area contributed by atoms with Gasteiger partial charge in [-0.1, -0.05) is 18.2 Å². The van der Waals surface area contributed by atoms with E-state index in [1.54, 1.807) is 37.3 Å². The first-order valence-electron chi connectivity index (χ1n) is 9.37. The molecule has 1 N–H and O–H groups in total. The Labute approximate surface area is 179 Å². The zero-order valence-corrected chi connectivity index (χ0v) is 17.4. The fraction of sp³-hybridized carbons (Fsp3) is 0.136. The molecule has 0 saturated carbocycles. The molecular weight excluding hydrogens is 426 g/mol. The molecule has 3 aromatic rings. The number of hydrogen-bond acceptors (Lipinski definition) is 4. The van der Waals surface area contributed by atoms with E-state index in [0.29, 0.717) is 11.4 Å². The topological polar surface area (TPSA) is 75.7 Å². The van der Waals surface area contributed by atoms with Crippen LogP contribution in [0.15, 0.2) is 77.7 Å². The number of ether oxygens (including phenoxy) is 1. The third kappa shape index (κ3) is 5.37. The monoisotopic (exact) mass is 446 g/mol. The van der Waals surface area contributed by atoms with Crippen molar-refractivity contribution >= 4 is 27.3 Å². The Hall–Kier alpha value is -3.46. The minimum absolute atomic E-state index is 0.179. The maximum atomic E-state index is 13.6. The lowest BCUT2D eigenvalue weighted by atomic mass is 10.3. The molecule has 0 radical (unpaired) electrons. The molecule has 0 aliphatic rings. The van der Waals surface area contributed by atoms with Crippen LogP contribution >= 0.6 is 0 Å². The Bertz CT molecular complexity index is 1150. The Morgan fingerprint density at radius 2 is 1.68 bits per heavy atom. The van der Waals surface area contributed by atoms with Crippen LogP contribution in [0, 0.1) is 11.6 Å². The molecule has 0 aliphatic carbocycles. The van der Waals surface area contributed by atoms with Gasteiger partial charge in [0.25, 0.3) is 15.9 Å². The molecule has 0 aromatic heterocycles. The van der Waals surface area contributed by atoms with Gasteiger partial charge in [-0.15, -0.1) is 0 Å². The molecule has 0 aliphatic heterocycles. The van der Waals surface area contributed by atoms with E-state index < -0.39 is 34.2 Å². The SMILES string of the molecule is CCN(c1ccc(OCC(=O)Nc2cc(F)ccc2F)cc1)S(=O)(=O)c1ccccc1. The Balaban J connectivity index is 1.65. The first kappa shape index (κ1) is 22.2. The molecule has 9 heteroatoms. The van der Waals surface area contributed by atoms with E-state index in [4.69, 9.17) is 4.74 Å². The fourth-order valence-corrected chi connectivity index (χ4v) is 4.34. The first-order valence-corrected chi connectivity index (χ1v) is 10.8. The number of hydrogen-bond donors (Lipinski definition) is 1. The zero-order chi connectivity index (χ0) is 22.4. The third-order valence-electron chi connectivity index (χ3n) is 4.32. The summed E-state index contributed by atoms with van der Waals surface area (Å²) in [6, 6.07) is 17.0. The van der Waals surface area contributed by atoms with Gasteiger partial charge in [0.2, 0.25) is 0 Å². The molecule has 3 aromatic carbocycles. The number of carbonyl (C=O) groups excluding carboxylic acids is 1. The van der Waals surface area contributed by atoms with Crippen LogP contribution in [-0.4, -0.2) is 27.5 Å². The average Bonchev–Trinajstić information content (AvgIpc) is 2.77. The first-order chi connectivity index (χ1) is 14.8. The molecule has 1 amide bonds.